The highest BCUT2D eigenvalue weighted by molar-refractivity contribution is 4.73. The van der Waals surface area contributed by atoms with E-state index < -0.39 is 0 Å². The van der Waals surface area contributed by atoms with Crippen molar-refractivity contribution >= 4 is 0 Å². The van der Waals surface area contributed by atoms with E-state index in [4.69, 9.17) is 14.2 Å². The predicted molar refractivity (Wildman–Crippen MR) is 80.7 cm³/mol. The molecule has 0 amide bonds. The van der Waals surface area contributed by atoms with Gasteiger partial charge in [-0.3, -0.25) is 0 Å². The third-order valence-electron chi connectivity index (χ3n) is 3.72. The van der Waals surface area contributed by atoms with E-state index in [-0.39, 0.29) is 11.2 Å². The molecule has 0 spiro atoms. The Labute approximate surface area is 120 Å². The van der Waals surface area contributed by atoms with E-state index >= 15 is 0 Å². The first-order valence-corrected chi connectivity index (χ1v) is 7.74. The third kappa shape index (κ3) is 9.42. The smallest absolute Gasteiger partial charge is 0.0707 e. The van der Waals surface area contributed by atoms with Gasteiger partial charge in [-0.05, 0) is 46.5 Å². The molecule has 0 rings (SSSR count). The van der Waals surface area contributed by atoms with Gasteiger partial charge in [-0.1, -0.05) is 20.8 Å². The Bertz CT molecular complexity index is 210. The van der Waals surface area contributed by atoms with Gasteiger partial charge >= 0.3 is 0 Å². The lowest BCUT2D eigenvalue weighted by atomic mass is 9.99. The van der Waals surface area contributed by atoms with Crippen LogP contribution in [0.4, 0.5) is 0 Å². The minimum absolute atomic E-state index is 0.0142. The van der Waals surface area contributed by atoms with Crippen LogP contribution in [0.3, 0.4) is 0 Å². The van der Waals surface area contributed by atoms with E-state index in [2.05, 4.69) is 41.5 Å². The highest BCUT2D eigenvalue weighted by Gasteiger charge is 2.23. The summed E-state index contributed by atoms with van der Waals surface area (Å²) in [6, 6.07) is 0. The summed E-state index contributed by atoms with van der Waals surface area (Å²) in [5, 5.41) is 0. The standard InChI is InChI=1S/C16H34O3/c1-7-11-17-13-14-18-15(4,5)10-12-19-16(6,8-2)9-3/h7-14H2,1-6H3. The van der Waals surface area contributed by atoms with Gasteiger partial charge in [-0.15, -0.1) is 0 Å². The molecule has 0 bridgehead atoms. The zero-order valence-corrected chi connectivity index (χ0v) is 13.9. The van der Waals surface area contributed by atoms with Gasteiger partial charge in [-0.25, -0.2) is 0 Å². The van der Waals surface area contributed by atoms with Crippen molar-refractivity contribution in [3.05, 3.63) is 0 Å². The molecule has 0 radical (unpaired) electrons. The molecule has 0 aliphatic carbocycles. The van der Waals surface area contributed by atoms with Crippen LogP contribution in [-0.2, 0) is 14.2 Å². The molecule has 0 aromatic carbocycles. The molecule has 0 fully saturated rings. The fourth-order valence-electron chi connectivity index (χ4n) is 1.69. The van der Waals surface area contributed by atoms with Crippen molar-refractivity contribution in [3.8, 4) is 0 Å². The molecule has 0 aliphatic rings. The molecule has 3 heteroatoms. The molecular weight excluding hydrogens is 240 g/mol. The average Bonchev–Trinajstić information content (AvgIpc) is 2.38. The summed E-state index contributed by atoms with van der Waals surface area (Å²) in [5.74, 6) is 0. The van der Waals surface area contributed by atoms with Crippen molar-refractivity contribution in [2.45, 2.75) is 78.4 Å². The topological polar surface area (TPSA) is 27.7 Å². The van der Waals surface area contributed by atoms with Gasteiger partial charge in [0.05, 0.1) is 31.0 Å². The number of hydrogen-bond donors (Lipinski definition) is 0. The van der Waals surface area contributed by atoms with Gasteiger partial charge in [-0.2, -0.15) is 0 Å². The largest absolute Gasteiger partial charge is 0.379 e. The van der Waals surface area contributed by atoms with Crippen molar-refractivity contribution < 1.29 is 14.2 Å². The quantitative estimate of drug-likeness (QED) is 0.499. The van der Waals surface area contributed by atoms with Crippen molar-refractivity contribution in [2.75, 3.05) is 26.4 Å². The monoisotopic (exact) mass is 274 g/mol. The molecule has 19 heavy (non-hydrogen) atoms. The Morgan fingerprint density at radius 3 is 1.89 bits per heavy atom. The van der Waals surface area contributed by atoms with Crippen LogP contribution in [0.5, 0.6) is 0 Å². The number of ether oxygens (including phenoxy) is 3. The van der Waals surface area contributed by atoms with Gasteiger partial charge in [0.1, 0.15) is 0 Å². The lowest BCUT2D eigenvalue weighted by Crippen LogP contribution is -2.32. The molecule has 0 heterocycles. The molecule has 0 unspecified atom stereocenters. The average molecular weight is 274 g/mol. The zero-order chi connectivity index (χ0) is 14.8. The Kier molecular flexibility index (Phi) is 9.67. The fourth-order valence-corrected chi connectivity index (χ4v) is 1.69. The lowest BCUT2D eigenvalue weighted by molar-refractivity contribution is -0.0894. The zero-order valence-electron chi connectivity index (χ0n) is 13.9. The Balaban J connectivity index is 3.77. The highest BCUT2D eigenvalue weighted by Crippen LogP contribution is 2.22. The van der Waals surface area contributed by atoms with Crippen LogP contribution < -0.4 is 0 Å². The molecule has 3 nitrogen and oxygen atoms in total. The van der Waals surface area contributed by atoms with Crippen LogP contribution >= 0.6 is 0 Å². The summed E-state index contributed by atoms with van der Waals surface area (Å²) in [6.07, 6.45) is 4.07. The van der Waals surface area contributed by atoms with Gasteiger partial charge < -0.3 is 14.2 Å². The third-order valence-corrected chi connectivity index (χ3v) is 3.72. The van der Waals surface area contributed by atoms with Crippen LogP contribution in [0.1, 0.15) is 67.2 Å². The Morgan fingerprint density at radius 2 is 1.37 bits per heavy atom. The summed E-state index contributed by atoms with van der Waals surface area (Å²) in [6.45, 7) is 15.8. The normalized spacial score (nSPS) is 12.9. The molecule has 0 N–H and O–H groups in total. The first kappa shape index (κ1) is 18.9. The van der Waals surface area contributed by atoms with Gasteiger partial charge in [0.25, 0.3) is 0 Å². The van der Waals surface area contributed by atoms with Crippen molar-refractivity contribution in [1.29, 1.82) is 0 Å². The summed E-state index contributed by atoms with van der Waals surface area (Å²) in [4.78, 5) is 0. The van der Waals surface area contributed by atoms with Crippen LogP contribution in [-0.4, -0.2) is 37.6 Å². The molecule has 0 aromatic rings. The second-order valence-electron chi connectivity index (χ2n) is 5.98. The van der Waals surface area contributed by atoms with E-state index in [1.165, 1.54) is 0 Å². The second kappa shape index (κ2) is 9.73. The second-order valence-corrected chi connectivity index (χ2v) is 5.98. The first-order chi connectivity index (χ1) is 8.89. The van der Waals surface area contributed by atoms with Gasteiger partial charge in [0.15, 0.2) is 0 Å². The molecule has 0 aromatic heterocycles. The molecule has 0 saturated heterocycles. The molecule has 0 atom stereocenters. The van der Waals surface area contributed by atoms with Crippen LogP contribution in [0.15, 0.2) is 0 Å². The summed E-state index contributed by atoms with van der Waals surface area (Å²) >= 11 is 0. The van der Waals surface area contributed by atoms with E-state index in [1.807, 2.05) is 0 Å². The maximum atomic E-state index is 6.00. The van der Waals surface area contributed by atoms with Crippen LogP contribution in [0.2, 0.25) is 0 Å². The molecule has 0 saturated carbocycles. The maximum Gasteiger partial charge on any atom is 0.0707 e. The summed E-state index contributed by atoms with van der Waals surface area (Å²) in [7, 11) is 0. The SMILES string of the molecule is CCCOCCOC(C)(C)CCOC(C)(CC)CC. The van der Waals surface area contributed by atoms with Crippen molar-refractivity contribution in [2.24, 2.45) is 0 Å². The summed E-state index contributed by atoms with van der Waals surface area (Å²) in [5.41, 5.74) is -0.127. The minimum atomic E-state index is -0.141. The van der Waals surface area contributed by atoms with E-state index in [1.54, 1.807) is 0 Å². The molecule has 0 aliphatic heterocycles. The maximum absolute atomic E-state index is 6.00. The van der Waals surface area contributed by atoms with Crippen LogP contribution in [0.25, 0.3) is 0 Å². The molecular formula is C16H34O3. The Hall–Kier alpha value is -0.120. The van der Waals surface area contributed by atoms with E-state index in [9.17, 15) is 0 Å². The number of hydrogen-bond acceptors (Lipinski definition) is 3. The highest BCUT2D eigenvalue weighted by atomic mass is 16.5. The van der Waals surface area contributed by atoms with E-state index in [0.29, 0.717) is 13.2 Å². The summed E-state index contributed by atoms with van der Waals surface area (Å²) < 4.78 is 17.3. The number of rotatable bonds is 12. The predicted octanol–water partition coefficient (Wildman–Crippen LogP) is 4.19. The van der Waals surface area contributed by atoms with E-state index in [0.717, 1.165) is 38.9 Å². The minimum Gasteiger partial charge on any atom is -0.379 e. The van der Waals surface area contributed by atoms with Gasteiger partial charge in [0.2, 0.25) is 0 Å². The van der Waals surface area contributed by atoms with Gasteiger partial charge in [0, 0.05) is 6.61 Å². The fraction of sp³-hybridized carbons (Fsp3) is 1.00. The van der Waals surface area contributed by atoms with Crippen molar-refractivity contribution in [1.82, 2.24) is 0 Å². The first-order valence-electron chi connectivity index (χ1n) is 7.74. The van der Waals surface area contributed by atoms with Crippen LogP contribution in [0, 0.1) is 0 Å². The Morgan fingerprint density at radius 1 is 0.737 bits per heavy atom. The van der Waals surface area contributed by atoms with Crippen molar-refractivity contribution in [3.63, 3.8) is 0 Å². The lowest BCUT2D eigenvalue weighted by Gasteiger charge is -2.31. The molecule has 116 valence electrons.